The summed E-state index contributed by atoms with van der Waals surface area (Å²) in [5.41, 5.74) is 24.3. The first-order valence-electron chi connectivity index (χ1n) is 48.5. The molecule has 6 aliphatic rings. The molecule has 0 atom stereocenters. The van der Waals surface area contributed by atoms with E-state index in [1.165, 1.54) is 45.9 Å². The molecule has 0 unspecified atom stereocenters. The monoisotopic (exact) mass is 1920 g/mol. The molecule has 20 aromatic rings. The van der Waals surface area contributed by atoms with Gasteiger partial charge in [-0.1, -0.05) is 12.2 Å². The highest BCUT2D eigenvalue weighted by Gasteiger charge is 2.32. The number of likely N-dealkylation sites (N-methyl/N-ethyl adjacent to an activating group) is 1. The number of fused-ring (bicyclic) bond motifs is 10. The highest BCUT2D eigenvalue weighted by Crippen LogP contribution is 2.34. The summed E-state index contributed by atoms with van der Waals surface area (Å²) in [7, 11) is 2.07. The molecule has 5 aliphatic heterocycles. The lowest BCUT2D eigenvalue weighted by molar-refractivity contribution is 0.248. The minimum absolute atomic E-state index is 0.0186. The predicted octanol–water partition coefficient (Wildman–Crippen LogP) is 14.0. The van der Waals surface area contributed by atoms with Crippen LogP contribution in [0.15, 0.2) is 251 Å². The Balaban J connectivity index is 0.000000102. The third-order valence-electron chi connectivity index (χ3n) is 27.5. The SMILES string of the molecule is Cc1cn2cc(-c3cc(=O)n4cc(C5=CCNCC5)ncc4n3)cc2c(C)n1.Cc1cn2cc(-c3cc(=O)n4cc(N5CCN(C6CC6)CC5)ccc4n3)cc(F)c2n1.Cc1cn2cc(-c3ccc4nc(C5=CCN(C)CC5)cc(=O)n4c3)cc(F)c2n1.Cc1cn2cc(-c3ccc4nc(C5CCNCC5)cc(=O)n4c3)cc(F)c2n1.Cc1cn2cc(-c3ccc4nc(C5CCNCC5)cc(=O)n4c3)ccc2n1. The van der Waals surface area contributed by atoms with Gasteiger partial charge in [-0.05, 0) is 234 Å². The van der Waals surface area contributed by atoms with Crippen molar-refractivity contribution in [1.29, 1.82) is 0 Å². The van der Waals surface area contributed by atoms with E-state index in [0.29, 0.717) is 79.4 Å². The molecular formula is C108H104F3N27O5. The largest absolute Gasteiger partial charge is 0.368 e. The Kier molecular flexibility index (Phi) is 24.8. The van der Waals surface area contributed by atoms with Crippen LogP contribution >= 0.6 is 0 Å². The van der Waals surface area contributed by atoms with Crippen molar-refractivity contribution >= 4 is 73.2 Å². The summed E-state index contributed by atoms with van der Waals surface area (Å²) < 4.78 is 60.2. The number of pyridine rings is 8. The molecule has 143 heavy (non-hydrogen) atoms. The van der Waals surface area contributed by atoms with Crippen molar-refractivity contribution in [2.45, 2.75) is 111 Å². The van der Waals surface area contributed by atoms with Gasteiger partial charge in [-0.25, -0.2) is 58.0 Å². The second-order valence-corrected chi connectivity index (χ2v) is 37.9. The molecule has 0 bridgehead atoms. The molecule has 1 aliphatic carbocycles. The van der Waals surface area contributed by atoms with Crippen molar-refractivity contribution in [3.05, 3.63) is 353 Å². The lowest BCUT2D eigenvalue weighted by atomic mass is 9.94. The zero-order valence-corrected chi connectivity index (χ0v) is 80.1. The molecule has 32 nitrogen and oxygen atoms in total. The molecule has 35 heteroatoms. The smallest absolute Gasteiger partial charge is 0.258 e. The fourth-order valence-corrected chi connectivity index (χ4v) is 19.9. The van der Waals surface area contributed by atoms with Crippen LogP contribution in [0.5, 0.6) is 0 Å². The minimum Gasteiger partial charge on any atom is -0.368 e. The first-order chi connectivity index (χ1) is 69.4. The van der Waals surface area contributed by atoms with Gasteiger partial charge in [0.15, 0.2) is 40.0 Å². The van der Waals surface area contributed by atoms with Crippen LogP contribution in [0.2, 0.25) is 0 Å². The van der Waals surface area contributed by atoms with E-state index in [0.717, 1.165) is 236 Å². The van der Waals surface area contributed by atoms with Crippen LogP contribution in [0.4, 0.5) is 18.9 Å². The van der Waals surface area contributed by atoms with Crippen molar-refractivity contribution in [2.24, 2.45) is 0 Å². The quantitative estimate of drug-likeness (QED) is 0.108. The Morgan fingerprint density at radius 1 is 0.329 bits per heavy atom. The van der Waals surface area contributed by atoms with Gasteiger partial charge in [0.25, 0.3) is 27.8 Å². The highest BCUT2D eigenvalue weighted by atomic mass is 19.1. The number of nitrogens with one attached hydrogen (secondary N) is 3. The fraction of sp³-hybridized carbons (Fsp3) is 0.278. The maximum atomic E-state index is 14.5. The van der Waals surface area contributed by atoms with Crippen LogP contribution in [-0.4, -0.2) is 200 Å². The summed E-state index contributed by atoms with van der Waals surface area (Å²) in [4.78, 5) is 121. The van der Waals surface area contributed by atoms with E-state index in [4.69, 9.17) is 9.97 Å². The number of hydrogen-bond acceptors (Lipinski definition) is 22. The van der Waals surface area contributed by atoms with Crippen molar-refractivity contribution in [1.82, 2.24) is 125 Å². The number of piperazine rings is 1. The third kappa shape index (κ3) is 19.3. The lowest BCUT2D eigenvalue weighted by Crippen LogP contribution is -2.47. The Labute approximate surface area is 816 Å². The molecule has 0 aromatic carbocycles. The van der Waals surface area contributed by atoms with E-state index in [1.54, 1.807) is 106 Å². The van der Waals surface area contributed by atoms with Crippen LogP contribution in [0.1, 0.15) is 120 Å². The van der Waals surface area contributed by atoms with Crippen molar-refractivity contribution in [3.8, 4) is 55.9 Å². The van der Waals surface area contributed by atoms with Crippen molar-refractivity contribution < 1.29 is 13.2 Å². The number of anilines is 1. The van der Waals surface area contributed by atoms with E-state index in [9.17, 15) is 37.1 Å². The molecule has 25 heterocycles. The van der Waals surface area contributed by atoms with Gasteiger partial charge in [-0.3, -0.25) is 60.8 Å². The Hall–Kier alpha value is -16.0. The molecule has 722 valence electrons. The van der Waals surface area contributed by atoms with E-state index in [2.05, 4.69) is 94.7 Å². The van der Waals surface area contributed by atoms with Crippen molar-refractivity contribution in [3.63, 3.8) is 0 Å². The van der Waals surface area contributed by atoms with Gasteiger partial charge in [0.2, 0.25) is 0 Å². The highest BCUT2D eigenvalue weighted by molar-refractivity contribution is 5.74. The van der Waals surface area contributed by atoms with Gasteiger partial charge in [0.1, 0.15) is 28.2 Å². The van der Waals surface area contributed by atoms with Crippen molar-refractivity contribution in [2.75, 3.05) is 90.5 Å². The van der Waals surface area contributed by atoms with Gasteiger partial charge in [-0.15, -0.1) is 0 Å². The third-order valence-corrected chi connectivity index (χ3v) is 27.5. The first kappa shape index (κ1) is 92.1. The molecule has 3 saturated heterocycles. The molecule has 3 N–H and O–H groups in total. The standard InChI is InChI=1S/C23H23FN6O.C22H20FN5O.C21H20FN5O.C21H20N6O.C21H21N5O/c1-15-12-29-13-16(10-19(24)23(29)25-15)20-11-22(31)30-14-18(4-5-21(30)26-20)28-8-6-27(7-9-28)17-2-3-17;1-14-11-27-12-17(9-18(23)22(27)24-14)16-3-4-20-25-19(10-21(29)28(20)13-16)15-5-7-26(2)8-6-15;1-13-10-26-11-16(8-17(22)21(26)24-13)15-2-3-19-25-18(9-20(28)27(19)12-15)14-4-6-23-7-5-14;1-13-10-26-11-16(7-19(26)14(2)24-13)17-8-21(28)27-12-18(23-9-20(27)25-17)15-3-5-22-6-4-15;1-14-11-25-12-16(2-4-19(25)23-14)17-3-5-20-24-18(10-21(27)26(20)13-17)15-6-8-22-9-7-15/h4-5,10-14,17H,2-3,6-9H2,1H3;3-5,9-13H,6-8H2,1-2H3;2-3,8-12,14,23H,4-7H2,1H3;3,7-12,22H,4-6H2,1-2H3;2-5,10-13,15,22H,6-9H2,1H3. The Morgan fingerprint density at radius 3 is 1.29 bits per heavy atom. The molecule has 4 fully saturated rings. The fourth-order valence-electron chi connectivity index (χ4n) is 19.9. The van der Waals surface area contributed by atoms with E-state index in [1.807, 2.05) is 161 Å². The normalized spacial score (nSPS) is 15.7. The maximum Gasteiger partial charge on any atom is 0.258 e. The molecular weight excluding hydrogens is 1810 g/mol. The topological polar surface area (TPSA) is 317 Å². The average Bonchev–Trinajstić information content (AvgIpc) is 1.77. The van der Waals surface area contributed by atoms with Crippen LogP contribution in [-0.2, 0) is 0 Å². The van der Waals surface area contributed by atoms with Crippen LogP contribution in [0.25, 0.3) is 123 Å². The van der Waals surface area contributed by atoms with Gasteiger partial charge >= 0.3 is 0 Å². The van der Waals surface area contributed by atoms with Crippen LogP contribution < -0.4 is 48.6 Å². The molecule has 1 saturated carbocycles. The number of nitrogens with zero attached hydrogens (tertiary/aromatic N) is 24. The average molecular weight is 1920 g/mol. The van der Waals surface area contributed by atoms with Gasteiger partial charge < -0.3 is 47.8 Å². The number of aromatic nitrogens is 21. The second kappa shape index (κ2) is 38.6. The Morgan fingerprint density at radius 2 is 0.755 bits per heavy atom. The summed E-state index contributed by atoms with van der Waals surface area (Å²) >= 11 is 0. The van der Waals surface area contributed by atoms with E-state index >= 15 is 0 Å². The first-order valence-corrected chi connectivity index (χ1v) is 48.5. The number of imidazole rings is 4. The second-order valence-electron chi connectivity index (χ2n) is 37.9. The zero-order chi connectivity index (χ0) is 98.1. The summed E-state index contributed by atoms with van der Waals surface area (Å²) in [5, 5.41) is 9.98. The maximum absolute atomic E-state index is 14.5. The summed E-state index contributed by atoms with van der Waals surface area (Å²) in [6.45, 7) is 22.9. The number of rotatable bonds is 11. The minimum atomic E-state index is -0.437. The van der Waals surface area contributed by atoms with Crippen LogP contribution in [0.3, 0.4) is 0 Å². The molecule has 0 spiro atoms. The number of halogens is 3. The lowest BCUT2D eigenvalue weighted by Gasteiger charge is -2.36. The van der Waals surface area contributed by atoms with E-state index in [-0.39, 0.29) is 33.4 Å². The number of piperidine rings is 2. The van der Waals surface area contributed by atoms with Crippen LogP contribution in [0, 0.1) is 59.0 Å². The molecule has 26 rings (SSSR count). The van der Waals surface area contributed by atoms with E-state index < -0.39 is 17.5 Å². The number of aryl methyl sites for hydroxylation is 6. The van der Waals surface area contributed by atoms with Gasteiger partial charge in [0.05, 0.1) is 85.7 Å². The summed E-state index contributed by atoms with van der Waals surface area (Å²) in [6, 6.07) is 34.3. The summed E-state index contributed by atoms with van der Waals surface area (Å²) in [6.07, 6.45) is 42.1. The predicted molar refractivity (Wildman–Crippen MR) is 546 cm³/mol. The number of hydrogen-bond donors (Lipinski definition) is 3. The molecule has 20 aromatic heterocycles. The zero-order valence-electron chi connectivity index (χ0n) is 80.1. The summed E-state index contributed by atoms with van der Waals surface area (Å²) in [5.74, 6) is -0.536. The van der Waals surface area contributed by atoms with Gasteiger partial charge in [-0.2, -0.15) is 0 Å². The van der Waals surface area contributed by atoms with Gasteiger partial charge in [0, 0.05) is 226 Å². The molecule has 0 amide bonds. The Bertz CT molecular complexity index is 8840. The molecule has 0 radical (unpaired) electrons.